The first-order valence-electron chi connectivity index (χ1n) is 18.8. The number of azide groups is 4. The Morgan fingerprint density at radius 1 is 0.368 bits per heavy atom. The van der Waals surface area contributed by atoms with Crippen LogP contribution < -0.4 is 0 Å². The molecule has 57 heavy (non-hydrogen) atoms. The number of carbonyl (C=O) groups excluding carboxylic acids is 4. The van der Waals surface area contributed by atoms with E-state index in [1.807, 2.05) is 0 Å². The molecule has 0 amide bonds. The van der Waals surface area contributed by atoms with Crippen LogP contribution >= 0.6 is 0 Å². The van der Waals surface area contributed by atoms with Gasteiger partial charge in [-0.05, 0) is 73.5 Å². The predicted octanol–water partition coefficient (Wildman–Crippen LogP) is 6.13. The highest BCUT2D eigenvalue weighted by molar-refractivity contribution is 5.70. The van der Waals surface area contributed by atoms with Crippen LogP contribution in [0.4, 0.5) is 0 Å². The van der Waals surface area contributed by atoms with Crippen LogP contribution in [0.15, 0.2) is 20.5 Å². The molecule has 0 heterocycles. The van der Waals surface area contributed by atoms with E-state index in [1.54, 1.807) is 0 Å². The Kier molecular flexibility index (Phi) is 35.7. The number of hydrogen-bond acceptors (Lipinski definition) is 16. The van der Waals surface area contributed by atoms with Crippen molar-refractivity contribution in [1.29, 1.82) is 0 Å². The second-order valence-electron chi connectivity index (χ2n) is 12.2. The van der Waals surface area contributed by atoms with E-state index in [1.165, 1.54) is 0 Å². The van der Waals surface area contributed by atoms with Gasteiger partial charge in [-0.15, -0.1) is 0 Å². The minimum atomic E-state index is -0.979. The molecule has 0 fully saturated rings. The molecule has 0 atom stereocenters. The third-order valence-corrected chi connectivity index (χ3v) is 7.40. The number of nitrogens with zero attached hydrogens (tertiary/aromatic N) is 12. The SMILES string of the molecule is [N-]=[N+]=NCCCCC(=O)OCCOCC(COCCOC(=O)CCCCN=[N+]=[N-])(COCCOC(=O)CCCCN=[N+]=[N-])COCCOC(=O)CCCCN=[N+]=[N-]. The largest absolute Gasteiger partial charge is 0.463 e. The summed E-state index contributed by atoms with van der Waals surface area (Å²) in [6, 6.07) is 0. The molecule has 24 nitrogen and oxygen atoms in total. The van der Waals surface area contributed by atoms with Crippen LogP contribution in [0, 0.1) is 5.41 Å². The minimum Gasteiger partial charge on any atom is -0.463 e. The highest BCUT2D eigenvalue weighted by Gasteiger charge is 2.33. The lowest BCUT2D eigenvalue weighted by molar-refractivity contribution is -0.151. The van der Waals surface area contributed by atoms with Gasteiger partial charge in [-0.2, -0.15) is 0 Å². The van der Waals surface area contributed by atoms with Gasteiger partial charge in [0.2, 0.25) is 0 Å². The lowest BCUT2D eigenvalue weighted by atomic mass is 9.92. The molecule has 0 aromatic carbocycles. The van der Waals surface area contributed by atoms with Crippen molar-refractivity contribution in [2.45, 2.75) is 77.0 Å². The maximum Gasteiger partial charge on any atom is 0.305 e. The highest BCUT2D eigenvalue weighted by Crippen LogP contribution is 2.21. The Hall–Kier alpha value is -5.04. The summed E-state index contributed by atoms with van der Waals surface area (Å²) in [5.74, 6) is -1.72. The summed E-state index contributed by atoms with van der Waals surface area (Å²) in [6.07, 6.45) is 4.81. The van der Waals surface area contributed by atoms with E-state index in [2.05, 4.69) is 40.1 Å². The summed E-state index contributed by atoms with van der Waals surface area (Å²) in [5.41, 5.74) is 32.5. The van der Waals surface area contributed by atoms with Gasteiger partial charge in [-0.25, -0.2) is 0 Å². The van der Waals surface area contributed by atoms with Crippen molar-refractivity contribution >= 4 is 23.9 Å². The molecule has 24 heteroatoms. The number of ether oxygens (including phenoxy) is 8. The van der Waals surface area contributed by atoms with Crippen molar-refractivity contribution in [3.8, 4) is 0 Å². The van der Waals surface area contributed by atoms with Crippen LogP contribution in [0.3, 0.4) is 0 Å². The van der Waals surface area contributed by atoms with Crippen LogP contribution in [-0.2, 0) is 57.1 Å². The van der Waals surface area contributed by atoms with E-state index in [0.717, 1.165) is 0 Å². The smallest absolute Gasteiger partial charge is 0.305 e. The molecule has 0 aliphatic carbocycles. The molecule has 0 spiro atoms. The van der Waals surface area contributed by atoms with Gasteiger partial charge >= 0.3 is 23.9 Å². The fraction of sp³-hybridized carbons (Fsp3) is 0.879. The quantitative estimate of drug-likeness (QED) is 0.0168. The number of unbranched alkanes of at least 4 members (excludes halogenated alkanes) is 4. The van der Waals surface area contributed by atoms with Crippen molar-refractivity contribution in [3.63, 3.8) is 0 Å². The second kappa shape index (κ2) is 39.2. The van der Waals surface area contributed by atoms with E-state index < -0.39 is 29.3 Å². The number of esters is 4. The van der Waals surface area contributed by atoms with E-state index in [9.17, 15) is 19.2 Å². The molecule has 0 unspecified atom stereocenters. The molecule has 0 N–H and O–H groups in total. The number of hydrogen-bond donors (Lipinski definition) is 0. The zero-order valence-corrected chi connectivity index (χ0v) is 32.6. The molecule has 320 valence electrons. The lowest BCUT2D eigenvalue weighted by Gasteiger charge is -2.33. The molecule has 0 bridgehead atoms. The monoisotopic (exact) mass is 812 g/mol. The average Bonchev–Trinajstić information content (AvgIpc) is 3.20. The summed E-state index contributed by atoms with van der Waals surface area (Å²) in [6.45, 7) is 1.09. The lowest BCUT2D eigenvalue weighted by Crippen LogP contribution is -2.43. The molecule has 0 radical (unpaired) electrons. The molecule has 0 rings (SSSR count). The van der Waals surface area contributed by atoms with Gasteiger partial charge in [-0.1, -0.05) is 20.5 Å². The van der Waals surface area contributed by atoms with Crippen LogP contribution in [-0.4, -0.2) is 129 Å². The Bertz CT molecular complexity index is 1120. The maximum atomic E-state index is 12.1. The summed E-state index contributed by atoms with van der Waals surface area (Å²) in [5, 5.41) is 13.7. The molecule has 0 saturated heterocycles. The molecule has 0 aromatic heterocycles. The van der Waals surface area contributed by atoms with Crippen LogP contribution in [0.5, 0.6) is 0 Å². The van der Waals surface area contributed by atoms with Gasteiger partial charge in [0.25, 0.3) is 0 Å². The fourth-order valence-electron chi connectivity index (χ4n) is 4.54. The Morgan fingerprint density at radius 3 is 0.807 bits per heavy atom. The highest BCUT2D eigenvalue weighted by atomic mass is 16.6. The molecule has 0 saturated carbocycles. The van der Waals surface area contributed by atoms with Crippen LogP contribution in [0.2, 0.25) is 0 Å². The number of rotatable bonds is 40. The Balaban J connectivity index is 5.35. The predicted molar refractivity (Wildman–Crippen MR) is 201 cm³/mol. The zero-order valence-electron chi connectivity index (χ0n) is 32.6. The number of carbonyl (C=O) groups is 4. The normalized spacial score (nSPS) is 11.4. The average molecular weight is 813 g/mol. The summed E-state index contributed by atoms with van der Waals surface area (Å²) in [4.78, 5) is 59.0. The first-order chi connectivity index (χ1) is 27.8. The van der Waals surface area contributed by atoms with Crippen LogP contribution in [0.25, 0.3) is 41.8 Å². The van der Waals surface area contributed by atoms with Crippen molar-refractivity contribution in [1.82, 2.24) is 0 Å². The van der Waals surface area contributed by atoms with Gasteiger partial charge in [-0.3, -0.25) is 19.2 Å². The summed E-state index contributed by atoms with van der Waals surface area (Å²) in [7, 11) is 0. The standard InChI is InChI=1S/C33H56N12O12/c34-42-38-13-5-1-9-29(46)54-21-17-50-25-33(26-51-18-22-55-30(47)10-2-6-14-39-43-35,27-52-19-23-56-31(48)11-3-7-15-40-44-36)28-53-20-24-57-32(49)12-4-8-16-41-45-37/h1-28H2. The fourth-order valence-corrected chi connectivity index (χ4v) is 4.54. The molecule has 0 aliphatic rings. The zero-order chi connectivity index (χ0) is 41.9. The van der Waals surface area contributed by atoms with E-state index >= 15 is 0 Å². The van der Waals surface area contributed by atoms with Gasteiger partial charge in [0.1, 0.15) is 26.4 Å². The molecular formula is C33H56N12O12. The third-order valence-electron chi connectivity index (χ3n) is 7.40. The van der Waals surface area contributed by atoms with Gasteiger partial charge in [0.15, 0.2) is 0 Å². The van der Waals surface area contributed by atoms with Crippen LogP contribution in [0.1, 0.15) is 77.0 Å². The second-order valence-corrected chi connectivity index (χ2v) is 12.2. The third kappa shape index (κ3) is 35.1. The van der Waals surface area contributed by atoms with Gasteiger partial charge in [0.05, 0.1) is 58.3 Å². The van der Waals surface area contributed by atoms with E-state index in [-0.39, 0.29) is 131 Å². The van der Waals surface area contributed by atoms with Gasteiger partial charge in [0, 0.05) is 71.5 Å². The molecular weight excluding hydrogens is 756 g/mol. The maximum absolute atomic E-state index is 12.1. The van der Waals surface area contributed by atoms with E-state index in [4.69, 9.17) is 60.0 Å². The molecule has 0 aromatic rings. The van der Waals surface area contributed by atoms with E-state index in [0.29, 0.717) is 51.4 Å². The topological polar surface area (TPSA) is 337 Å². The van der Waals surface area contributed by atoms with Crippen molar-refractivity contribution in [3.05, 3.63) is 41.8 Å². The molecule has 0 aliphatic heterocycles. The first kappa shape index (κ1) is 52.0. The first-order valence-corrected chi connectivity index (χ1v) is 18.8. The summed E-state index contributed by atoms with van der Waals surface area (Å²) < 4.78 is 44.5. The van der Waals surface area contributed by atoms with Crippen molar-refractivity contribution < 1.29 is 57.1 Å². The minimum absolute atomic E-state index is 0.00237. The Morgan fingerprint density at radius 2 is 0.596 bits per heavy atom. The Labute approximate surface area is 331 Å². The van der Waals surface area contributed by atoms with Gasteiger partial charge < -0.3 is 37.9 Å². The van der Waals surface area contributed by atoms with Crippen molar-refractivity contribution in [2.24, 2.45) is 25.9 Å². The summed E-state index contributed by atoms with van der Waals surface area (Å²) >= 11 is 0. The van der Waals surface area contributed by atoms with Crippen molar-refractivity contribution in [2.75, 3.05) is 105 Å².